The maximum Gasteiger partial charge on any atom is 0.253 e. The summed E-state index contributed by atoms with van der Waals surface area (Å²) in [6.45, 7) is 1.76. The third-order valence-corrected chi connectivity index (χ3v) is 4.23. The summed E-state index contributed by atoms with van der Waals surface area (Å²) in [5, 5.41) is 5.88. The zero-order valence-corrected chi connectivity index (χ0v) is 14.6. The molecule has 8 heteroatoms. The van der Waals surface area contributed by atoms with Crippen LogP contribution in [0.3, 0.4) is 0 Å². The van der Waals surface area contributed by atoms with Crippen molar-refractivity contribution >= 4 is 40.9 Å². The molecule has 130 valence electrons. The Morgan fingerprint density at radius 2 is 2.00 bits per heavy atom. The molecule has 24 heavy (non-hydrogen) atoms. The average Bonchev–Trinajstić information content (AvgIpc) is 2.94. The largest absolute Gasteiger partial charge is 0.355 e. The van der Waals surface area contributed by atoms with E-state index in [1.165, 1.54) is 12.1 Å². The fourth-order valence-electron chi connectivity index (χ4n) is 2.43. The smallest absolute Gasteiger partial charge is 0.253 e. The molecular formula is C16H19Cl2N3O3. The molecule has 1 aromatic rings. The van der Waals surface area contributed by atoms with E-state index in [2.05, 4.69) is 10.6 Å². The number of likely N-dealkylation sites (tertiary alicyclic amines) is 1. The summed E-state index contributed by atoms with van der Waals surface area (Å²) in [5.74, 6) is -0.552. The van der Waals surface area contributed by atoms with E-state index in [-0.39, 0.29) is 28.9 Å². The first-order valence-corrected chi connectivity index (χ1v) is 8.50. The molecule has 0 aliphatic carbocycles. The number of nitrogens with one attached hydrogen (secondary N) is 2. The topological polar surface area (TPSA) is 78.5 Å². The Hall–Kier alpha value is -1.79. The van der Waals surface area contributed by atoms with Crippen LogP contribution in [0.5, 0.6) is 0 Å². The van der Waals surface area contributed by atoms with Crippen LogP contribution in [-0.2, 0) is 9.59 Å². The average molecular weight is 372 g/mol. The van der Waals surface area contributed by atoms with Gasteiger partial charge in [-0.25, -0.2) is 0 Å². The Bertz CT molecular complexity index is 637. The highest BCUT2D eigenvalue weighted by Crippen LogP contribution is 2.20. The standard InChI is InChI=1S/C16H19Cl2N3O3/c17-11-4-5-12(13(18)9-11)16(24)20-10-14(22)19-6-2-8-21-7-1-3-15(21)23/h4-5,9H,1-3,6-8,10H2,(H,19,22)(H,20,24). The lowest BCUT2D eigenvalue weighted by molar-refractivity contribution is -0.127. The van der Waals surface area contributed by atoms with Gasteiger partial charge in [0.15, 0.2) is 0 Å². The van der Waals surface area contributed by atoms with E-state index in [1.54, 1.807) is 11.0 Å². The molecule has 0 saturated carbocycles. The first-order chi connectivity index (χ1) is 11.5. The molecule has 0 radical (unpaired) electrons. The fraction of sp³-hybridized carbons (Fsp3) is 0.438. The van der Waals surface area contributed by atoms with E-state index >= 15 is 0 Å². The number of amides is 3. The van der Waals surface area contributed by atoms with Gasteiger partial charge >= 0.3 is 0 Å². The maximum absolute atomic E-state index is 12.0. The van der Waals surface area contributed by atoms with Crippen molar-refractivity contribution in [2.45, 2.75) is 19.3 Å². The second-order valence-corrected chi connectivity index (χ2v) is 6.34. The van der Waals surface area contributed by atoms with Crippen molar-refractivity contribution in [2.24, 2.45) is 0 Å². The van der Waals surface area contributed by atoms with Gasteiger partial charge in [-0.2, -0.15) is 0 Å². The molecule has 1 saturated heterocycles. The van der Waals surface area contributed by atoms with Crippen LogP contribution >= 0.6 is 23.2 Å². The summed E-state index contributed by atoms with van der Waals surface area (Å²) in [4.78, 5) is 36.9. The lowest BCUT2D eigenvalue weighted by Gasteiger charge is -2.15. The quantitative estimate of drug-likeness (QED) is 0.717. The van der Waals surface area contributed by atoms with E-state index in [9.17, 15) is 14.4 Å². The molecule has 0 bridgehead atoms. The molecule has 0 atom stereocenters. The predicted octanol–water partition coefficient (Wildman–Crippen LogP) is 1.85. The highest BCUT2D eigenvalue weighted by molar-refractivity contribution is 6.36. The Balaban J connectivity index is 1.65. The summed E-state index contributed by atoms with van der Waals surface area (Å²) < 4.78 is 0. The number of carbonyl (C=O) groups excluding carboxylic acids is 3. The van der Waals surface area contributed by atoms with E-state index in [1.807, 2.05) is 0 Å². The van der Waals surface area contributed by atoms with Gasteiger partial charge in [-0.05, 0) is 31.0 Å². The third kappa shape index (κ3) is 5.39. The molecule has 0 unspecified atom stereocenters. The minimum atomic E-state index is -0.436. The van der Waals surface area contributed by atoms with Gasteiger partial charge in [0.05, 0.1) is 17.1 Å². The minimum Gasteiger partial charge on any atom is -0.355 e. The monoisotopic (exact) mass is 371 g/mol. The number of nitrogens with zero attached hydrogens (tertiary/aromatic N) is 1. The van der Waals surface area contributed by atoms with Crippen LogP contribution in [0, 0.1) is 0 Å². The zero-order chi connectivity index (χ0) is 17.5. The highest BCUT2D eigenvalue weighted by Gasteiger charge is 2.19. The summed E-state index contributed by atoms with van der Waals surface area (Å²) in [5.41, 5.74) is 0.265. The Labute approximate surface area is 150 Å². The van der Waals surface area contributed by atoms with E-state index in [0.717, 1.165) is 13.0 Å². The summed E-state index contributed by atoms with van der Waals surface area (Å²) in [6.07, 6.45) is 2.21. The lowest BCUT2D eigenvalue weighted by atomic mass is 10.2. The number of hydrogen-bond acceptors (Lipinski definition) is 3. The summed E-state index contributed by atoms with van der Waals surface area (Å²) >= 11 is 11.7. The molecule has 1 fully saturated rings. The van der Waals surface area contributed by atoms with Crippen LogP contribution in [0.4, 0.5) is 0 Å². The maximum atomic E-state index is 12.0. The number of benzene rings is 1. The van der Waals surface area contributed by atoms with Gasteiger partial charge in [-0.15, -0.1) is 0 Å². The van der Waals surface area contributed by atoms with Gasteiger partial charge in [0.25, 0.3) is 5.91 Å². The van der Waals surface area contributed by atoms with Crippen molar-refractivity contribution < 1.29 is 14.4 Å². The molecule has 1 aliphatic rings. The predicted molar refractivity (Wildman–Crippen MR) is 92.2 cm³/mol. The van der Waals surface area contributed by atoms with Crippen molar-refractivity contribution in [3.63, 3.8) is 0 Å². The van der Waals surface area contributed by atoms with Gasteiger partial charge < -0.3 is 15.5 Å². The third-order valence-electron chi connectivity index (χ3n) is 3.68. The van der Waals surface area contributed by atoms with E-state index in [0.29, 0.717) is 31.0 Å². The minimum absolute atomic E-state index is 0.138. The summed E-state index contributed by atoms with van der Waals surface area (Å²) in [7, 11) is 0. The van der Waals surface area contributed by atoms with E-state index < -0.39 is 5.91 Å². The van der Waals surface area contributed by atoms with Crippen LogP contribution < -0.4 is 10.6 Å². The molecule has 2 N–H and O–H groups in total. The molecule has 1 heterocycles. The molecule has 1 aliphatic heterocycles. The number of halogens is 2. The Morgan fingerprint density at radius 3 is 2.67 bits per heavy atom. The molecule has 1 aromatic carbocycles. The van der Waals surface area contributed by atoms with Gasteiger partial charge in [0, 0.05) is 31.1 Å². The highest BCUT2D eigenvalue weighted by atomic mass is 35.5. The first kappa shape index (κ1) is 18.5. The van der Waals surface area contributed by atoms with Crippen LogP contribution in [0.15, 0.2) is 18.2 Å². The second kappa shape index (κ2) is 8.89. The van der Waals surface area contributed by atoms with Gasteiger partial charge in [0.1, 0.15) is 0 Å². The molecular weight excluding hydrogens is 353 g/mol. The van der Waals surface area contributed by atoms with Crippen molar-refractivity contribution in [2.75, 3.05) is 26.2 Å². The Kier molecular flexibility index (Phi) is 6.87. The molecule has 6 nitrogen and oxygen atoms in total. The SMILES string of the molecule is O=C(CNC(=O)c1ccc(Cl)cc1Cl)NCCCN1CCCC1=O. The Morgan fingerprint density at radius 1 is 1.21 bits per heavy atom. The number of carbonyl (C=O) groups is 3. The van der Waals surface area contributed by atoms with Crippen LogP contribution in [0.1, 0.15) is 29.6 Å². The van der Waals surface area contributed by atoms with Crippen molar-refractivity contribution in [1.82, 2.24) is 15.5 Å². The molecule has 0 spiro atoms. The van der Waals surface area contributed by atoms with Crippen molar-refractivity contribution in [1.29, 1.82) is 0 Å². The van der Waals surface area contributed by atoms with Crippen LogP contribution in [0.2, 0.25) is 10.0 Å². The lowest BCUT2D eigenvalue weighted by Crippen LogP contribution is -2.38. The second-order valence-electron chi connectivity index (χ2n) is 5.49. The normalized spacial score (nSPS) is 13.9. The molecule has 3 amide bonds. The van der Waals surface area contributed by atoms with Crippen LogP contribution in [-0.4, -0.2) is 48.8 Å². The number of rotatable bonds is 7. The fourth-order valence-corrected chi connectivity index (χ4v) is 2.92. The summed E-state index contributed by atoms with van der Waals surface area (Å²) in [6, 6.07) is 4.53. The van der Waals surface area contributed by atoms with Crippen molar-refractivity contribution in [3.05, 3.63) is 33.8 Å². The van der Waals surface area contributed by atoms with Crippen LogP contribution in [0.25, 0.3) is 0 Å². The van der Waals surface area contributed by atoms with Crippen molar-refractivity contribution in [3.8, 4) is 0 Å². The van der Waals surface area contributed by atoms with Gasteiger partial charge in [-0.1, -0.05) is 23.2 Å². The molecule has 0 aromatic heterocycles. The van der Waals surface area contributed by atoms with Gasteiger partial charge in [0.2, 0.25) is 11.8 Å². The van der Waals surface area contributed by atoms with E-state index in [4.69, 9.17) is 23.2 Å². The molecule has 2 rings (SSSR count). The zero-order valence-electron chi connectivity index (χ0n) is 13.1. The first-order valence-electron chi connectivity index (χ1n) is 7.75. The van der Waals surface area contributed by atoms with Gasteiger partial charge in [-0.3, -0.25) is 14.4 Å². The number of hydrogen-bond donors (Lipinski definition) is 2.